The second-order valence-corrected chi connectivity index (χ2v) is 5.46. The predicted octanol–water partition coefficient (Wildman–Crippen LogP) is 2.93. The third kappa shape index (κ3) is 3.19. The van der Waals surface area contributed by atoms with Gasteiger partial charge in [0.05, 0.1) is 4.47 Å². The number of hydrogen-bond acceptors (Lipinski definition) is 4. The van der Waals surface area contributed by atoms with Crippen molar-refractivity contribution in [1.82, 2.24) is 15.5 Å². The van der Waals surface area contributed by atoms with Gasteiger partial charge in [0.1, 0.15) is 5.82 Å². The summed E-state index contributed by atoms with van der Waals surface area (Å²) >= 11 is 3.11. The number of nitrogens with zero attached hydrogens (tertiary/aromatic N) is 2. The highest BCUT2D eigenvalue weighted by molar-refractivity contribution is 9.10. The van der Waals surface area contributed by atoms with Crippen molar-refractivity contribution in [2.45, 2.75) is 25.3 Å². The number of halogens is 2. The van der Waals surface area contributed by atoms with Gasteiger partial charge in [-0.2, -0.15) is 0 Å². The van der Waals surface area contributed by atoms with Crippen molar-refractivity contribution < 1.29 is 8.81 Å². The number of benzene rings is 1. The molecule has 19 heavy (non-hydrogen) atoms. The monoisotopic (exact) mass is 325 g/mol. The second kappa shape index (κ2) is 5.38. The van der Waals surface area contributed by atoms with Crippen LogP contribution in [0.15, 0.2) is 27.1 Å². The van der Waals surface area contributed by atoms with E-state index in [2.05, 4.69) is 31.4 Å². The summed E-state index contributed by atoms with van der Waals surface area (Å²) < 4.78 is 19.4. The van der Waals surface area contributed by atoms with Gasteiger partial charge in [-0.3, -0.25) is 0 Å². The van der Waals surface area contributed by atoms with Crippen LogP contribution < -0.4 is 5.32 Å². The van der Waals surface area contributed by atoms with E-state index in [0.29, 0.717) is 34.3 Å². The second-order valence-electron chi connectivity index (χ2n) is 4.61. The lowest BCUT2D eigenvalue weighted by Crippen LogP contribution is -2.19. The molecule has 1 heterocycles. The van der Waals surface area contributed by atoms with E-state index in [1.165, 1.54) is 18.9 Å². The van der Waals surface area contributed by atoms with Gasteiger partial charge in [-0.25, -0.2) is 4.39 Å². The van der Waals surface area contributed by atoms with Crippen molar-refractivity contribution in [3.63, 3.8) is 0 Å². The standard InChI is InChI=1S/C13H13BrFN3O/c14-10-4-1-8(7-11(10)15)13-18-17-12(19-13)5-6-16-9-2-3-9/h1,4,7,9,16H,2-3,5-6H2. The SMILES string of the molecule is Fc1cc(-c2nnc(CCNC3CC3)o2)ccc1Br. The molecule has 3 rings (SSSR count). The first kappa shape index (κ1) is 12.7. The van der Waals surface area contributed by atoms with E-state index in [9.17, 15) is 4.39 Å². The molecule has 6 heteroatoms. The van der Waals surface area contributed by atoms with Crippen molar-refractivity contribution in [1.29, 1.82) is 0 Å². The van der Waals surface area contributed by atoms with Crippen molar-refractivity contribution in [3.8, 4) is 11.5 Å². The van der Waals surface area contributed by atoms with E-state index in [1.54, 1.807) is 12.1 Å². The first-order chi connectivity index (χ1) is 9.22. The fourth-order valence-corrected chi connectivity index (χ4v) is 2.02. The lowest BCUT2D eigenvalue weighted by molar-refractivity contribution is 0.493. The zero-order valence-electron chi connectivity index (χ0n) is 10.2. The van der Waals surface area contributed by atoms with Crippen molar-refractivity contribution in [2.75, 3.05) is 6.54 Å². The van der Waals surface area contributed by atoms with E-state index < -0.39 is 0 Å². The molecule has 1 aliphatic carbocycles. The maximum atomic E-state index is 13.4. The predicted molar refractivity (Wildman–Crippen MR) is 72.1 cm³/mol. The topological polar surface area (TPSA) is 51.0 Å². The van der Waals surface area contributed by atoms with Gasteiger partial charge < -0.3 is 9.73 Å². The minimum absolute atomic E-state index is 0.340. The van der Waals surface area contributed by atoms with Gasteiger partial charge in [0.15, 0.2) is 0 Å². The molecule has 0 bridgehead atoms. The molecule has 1 aromatic heterocycles. The normalized spacial score (nSPS) is 14.8. The molecule has 0 atom stereocenters. The highest BCUT2D eigenvalue weighted by Crippen LogP contribution is 2.23. The zero-order valence-corrected chi connectivity index (χ0v) is 11.8. The molecule has 1 fully saturated rings. The molecular weight excluding hydrogens is 313 g/mol. The highest BCUT2D eigenvalue weighted by atomic mass is 79.9. The molecule has 0 saturated heterocycles. The maximum absolute atomic E-state index is 13.4. The molecule has 1 N–H and O–H groups in total. The Morgan fingerprint density at radius 2 is 2.21 bits per heavy atom. The Balaban J connectivity index is 1.67. The molecule has 0 radical (unpaired) electrons. The van der Waals surface area contributed by atoms with E-state index in [4.69, 9.17) is 4.42 Å². The van der Waals surface area contributed by atoms with Gasteiger partial charge in [0.2, 0.25) is 11.8 Å². The van der Waals surface area contributed by atoms with E-state index in [-0.39, 0.29) is 5.82 Å². The Kier molecular flexibility index (Phi) is 3.61. The molecule has 1 aromatic carbocycles. The Morgan fingerprint density at radius 3 is 2.95 bits per heavy atom. The summed E-state index contributed by atoms with van der Waals surface area (Å²) in [6.07, 6.45) is 3.21. The molecular formula is C13H13BrFN3O. The minimum Gasteiger partial charge on any atom is -0.421 e. The van der Waals surface area contributed by atoms with Crippen molar-refractivity contribution in [2.24, 2.45) is 0 Å². The first-order valence-corrected chi connectivity index (χ1v) is 7.03. The van der Waals surface area contributed by atoms with Crippen LogP contribution in [0.25, 0.3) is 11.5 Å². The maximum Gasteiger partial charge on any atom is 0.247 e. The van der Waals surface area contributed by atoms with Crippen LogP contribution in [0.2, 0.25) is 0 Å². The van der Waals surface area contributed by atoms with Gasteiger partial charge in [0, 0.05) is 24.6 Å². The summed E-state index contributed by atoms with van der Waals surface area (Å²) in [5.41, 5.74) is 0.592. The van der Waals surface area contributed by atoms with Crippen LogP contribution in [0.3, 0.4) is 0 Å². The van der Waals surface area contributed by atoms with E-state index >= 15 is 0 Å². The number of hydrogen-bond donors (Lipinski definition) is 1. The number of aromatic nitrogens is 2. The summed E-state index contributed by atoms with van der Waals surface area (Å²) in [6.45, 7) is 0.834. The Bertz CT molecular complexity index is 583. The van der Waals surface area contributed by atoms with Gasteiger partial charge in [-0.1, -0.05) is 0 Å². The van der Waals surface area contributed by atoms with Crippen molar-refractivity contribution in [3.05, 3.63) is 34.4 Å². The third-order valence-electron chi connectivity index (χ3n) is 2.98. The minimum atomic E-state index is -0.340. The Hall–Kier alpha value is -1.27. The first-order valence-electron chi connectivity index (χ1n) is 6.23. The molecule has 2 aromatic rings. The largest absolute Gasteiger partial charge is 0.421 e. The quantitative estimate of drug-likeness (QED) is 0.918. The van der Waals surface area contributed by atoms with Crippen LogP contribution in [0.5, 0.6) is 0 Å². The molecule has 0 aliphatic heterocycles. The number of rotatable bonds is 5. The lowest BCUT2D eigenvalue weighted by atomic mass is 10.2. The molecule has 100 valence electrons. The van der Waals surface area contributed by atoms with Crippen molar-refractivity contribution >= 4 is 15.9 Å². The average Bonchev–Trinajstić information content (AvgIpc) is 3.10. The fourth-order valence-electron chi connectivity index (χ4n) is 1.77. The van der Waals surface area contributed by atoms with Crippen LogP contribution in [-0.2, 0) is 6.42 Å². The Labute approximate surface area is 118 Å². The summed E-state index contributed by atoms with van der Waals surface area (Å²) in [6, 6.07) is 5.42. The lowest BCUT2D eigenvalue weighted by Gasteiger charge is -1.98. The summed E-state index contributed by atoms with van der Waals surface area (Å²) in [5.74, 6) is 0.590. The highest BCUT2D eigenvalue weighted by Gasteiger charge is 2.20. The van der Waals surface area contributed by atoms with Gasteiger partial charge in [-0.15, -0.1) is 10.2 Å². The van der Waals surface area contributed by atoms with Crippen LogP contribution >= 0.6 is 15.9 Å². The third-order valence-corrected chi connectivity index (χ3v) is 3.63. The van der Waals surface area contributed by atoms with Gasteiger partial charge >= 0.3 is 0 Å². The molecule has 0 amide bonds. The van der Waals surface area contributed by atoms with E-state index in [1.807, 2.05) is 0 Å². The summed E-state index contributed by atoms with van der Waals surface area (Å²) in [7, 11) is 0. The summed E-state index contributed by atoms with van der Waals surface area (Å²) in [5, 5.41) is 11.3. The molecule has 0 unspecified atom stereocenters. The molecule has 0 spiro atoms. The average molecular weight is 326 g/mol. The molecule has 1 saturated carbocycles. The smallest absolute Gasteiger partial charge is 0.247 e. The number of nitrogens with one attached hydrogen (secondary N) is 1. The van der Waals surface area contributed by atoms with E-state index in [0.717, 1.165) is 6.54 Å². The van der Waals surface area contributed by atoms with Gasteiger partial charge in [0.25, 0.3) is 0 Å². The van der Waals surface area contributed by atoms with Crippen LogP contribution in [0.1, 0.15) is 18.7 Å². The van der Waals surface area contributed by atoms with Gasteiger partial charge in [-0.05, 0) is 47.0 Å². The summed E-state index contributed by atoms with van der Waals surface area (Å²) in [4.78, 5) is 0. The zero-order chi connectivity index (χ0) is 13.2. The van der Waals surface area contributed by atoms with Crippen LogP contribution in [0, 0.1) is 5.82 Å². The Morgan fingerprint density at radius 1 is 1.37 bits per heavy atom. The van der Waals surface area contributed by atoms with Crippen LogP contribution in [-0.4, -0.2) is 22.8 Å². The van der Waals surface area contributed by atoms with Crippen LogP contribution in [0.4, 0.5) is 4.39 Å². The molecule has 1 aliphatic rings. The molecule has 4 nitrogen and oxygen atoms in total. The fraction of sp³-hybridized carbons (Fsp3) is 0.385.